The maximum Gasteiger partial charge on any atom is 0.128 e. The van der Waals surface area contributed by atoms with E-state index in [-0.39, 0.29) is 5.92 Å². The van der Waals surface area contributed by atoms with Crippen LogP contribution < -0.4 is 4.74 Å². The summed E-state index contributed by atoms with van der Waals surface area (Å²) in [7, 11) is 0. The van der Waals surface area contributed by atoms with Crippen molar-refractivity contribution in [1.29, 1.82) is 0 Å². The van der Waals surface area contributed by atoms with Gasteiger partial charge in [0.2, 0.25) is 0 Å². The summed E-state index contributed by atoms with van der Waals surface area (Å²) in [6, 6.07) is 5.29. The van der Waals surface area contributed by atoms with Crippen molar-refractivity contribution in [3.05, 3.63) is 28.8 Å². The van der Waals surface area contributed by atoms with E-state index in [9.17, 15) is 0 Å². The lowest BCUT2D eigenvalue weighted by molar-refractivity contribution is 0.268. The van der Waals surface area contributed by atoms with Crippen LogP contribution in [0.3, 0.4) is 0 Å². The van der Waals surface area contributed by atoms with Crippen molar-refractivity contribution in [3.8, 4) is 5.75 Å². The molecule has 1 atom stereocenters. The highest BCUT2D eigenvalue weighted by atomic mass is 35.5. The van der Waals surface area contributed by atoms with Gasteiger partial charge in [-0.05, 0) is 18.2 Å². The molecular weight excluding hydrogens is 202 g/mol. The Labute approximate surface area is 86.9 Å². The van der Waals surface area contributed by atoms with Crippen LogP contribution in [0.5, 0.6) is 5.75 Å². The van der Waals surface area contributed by atoms with Gasteiger partial charge in [-0.3, -0.25) is 0 Å². The lowest BCUT2D eigenvalue weighted by Crippen LogP contribution is -2.26. The third-order valence-electron chi connectivity index (χ3n) is 2.28. The molecule has 0 fully saturated rings. The normalized spacial score (nSPS) is 23.0. The summed E-state index contributed by atoms with van der Waals surface area (Å²) in [4.78, 5) is 0. The summed E-state index contributed by atoms with van der Waals surface area (Å²) in [5, 5.41) is 12.8. The van der Waals surface area contributed by atoms with Gasteiger partial charge in [0.15, 0.2) is 0 Å². The van der Waals surface area contributed by atoms with E-state index in [1.54, 1.807) is 18.2 Å². The first-order chi connectivity index (χ1) is 6.72. The van der Waals surface area contributed by atoms with Crippen molar-refractivity contribution in [2.75, 3.05) is 6.61 Å². The molecule has 0 saturated carbocycles. The van der Waals surface area contributed by atoms with Gasteiger partial charge < -0.3 is 9.94 Å². The Morgan fingerprint density at radius 1 is 1.57 bits per heavy atom. The molecule has 0 spiro atoms. The molecule has 1 N–H and O–H groups in total. The predicted molar refractivity (Wildman–Crippen MR) is 54.4 cm³/mol. The number of hydrogen-bond acceptors (Lipinski definition) is 3. The largest absolute Gasteiger partial charge is 0.492 e. The van der Waals surface area contributed by atoms with Crippen molar-refractivity contribution in [2.24, 2.45) is 11.1 Å². The zero-order valence-corrected chi connectivity index (χ0v) is 8.45. The second-order valence-corrected chi connectivity index (χ2v) is 3.77. The van der Waals surface area contributed by atoms with Gasteiger partial charge in [-0.1, -0.05) is 23.7 Å². The van der Waals surface area contributed by atoms with E-state index < -0.39 is 0 Å². The fourth-order valence-electron chi connectivity index (χ4n) is 1.54. The minimum Gasteiger partial charge on any atom is -0.492 e. The molecule has 1 heterocycles. The first-order valence-electron chi connectivity index (χ1n) is 4.37. The second-order valence-electron chi connectivity index (χ2n) is 3.34. The molecule has 0 aromatic heterocycles. The van der Waals surface area contributed by atoms with Gasteiger partial charge in [0, 0.05) is 16.5 Å². The SMILES string of the molecule is CC1COc2ccc(Cl)cc2/C1=N/O. The van der Waals surface area contributed by atoms with E-state index in [4.69, 9.17) is 21.5 Å². The standard InChI is InChI=1S/C10H10ClNO2/c1-6-5-14-9-3-2-7(11)4-8(9)10(6)12-13/h2-4,6,13H,5H2,1H3/b12-10+. The maximum absolute atomic E-state index is 8.89. The first kappa shape index (κ1) is 9.34. The van der Waals surface area contributed by atoms with Gasteiger partial charge in [-0.15, -0.1) is 0 Å². The Balaban J connectivity index is 2.55. The highest BCUT2D eigenvalue weighted by Crippen LogP contribution is 2.29. The molecule has 1 aromatic carbocycles. The summed E-state index contributed by atoms with van der Waals surface area (Å²) in [5.74, 6) is 0.811. The maximum atomic E-state index is 8.89. The molecule has 3 nitrogen and oxygen atoms in total. The topological polar surface area (TPSA) is 41.8 Å². The van der Waals surface area contributed by atoms with Crippen molar-refractivity contribution in [2.45, 2.75) is 6.92 Å². The highest BCUT2D eigenvalue weighted by molar-refractivity contribution is 6.31. The molecule has 4 heteroatoms. The summed E-state index contributed by atoms with van der Waals surface area (Å²) in [6.45, 7) is 2.48. The number of rotatable bonds is 0. The first-order valence-corrected chi connectivity index (χ1v) is 4.75. The quantitative estimate of drug-likeness (QED) is 0.529. The van der Waals surface area contributed by atoms with Gasteiger partial charge >= 0.3 is 0 Å². The minimum absolute atomic E-state index is 0.0889. The molecule has 2 rings (SSSR count). The van der Waals surface area contributed by atoms with E-state index in [0.29, 0.717) is 17.3 Å². The molecule has 0 radical (unpaired) electrons. The molecule has 1 unspecified atom stereocenters. The third kappa shape index (κ3) is 1.44. The van der Waals surface area contributed by atoms with E-state index in [1.807, 2.05) is 6.92 Å². The smallest absolute Gasteiger partial charge is 0.128 e. The summed E-state index contributed by atoms with van der Waals surface area (Å²) < 4.78 is 5.47. The fraction of sp³-hybridized carbons (Fsp3) is 0.300. The van der Waals surface area contributed by atoms with Crippen LogP contribution in [-0.2, 0) is 0 Å². The zero-order valence-electron chi connectivity index (χ0n) is 7.70. The second kappa shape index (κ2) is 3.50. The number of halogens is 1. The van der Waals surface area contributed by atoms with Gasteiger partial charge in [0.1, 0.15) is 5.75 Å². The minimum atomic E-state index is 0.0889. The molecule has 1 aromatic rings. The average molecular weight is 212 g/mol. The van der Waals surface area contributed by atoms with Gasteiger partial charge in [-0.25, -0.2) is 0 Å². The molecule has 14 heavy (non-hydrogen) atoms. The monoisotopic (exact) mass is 211 g/mol. The molecule has 1 aliphatic rings. The van der Waals surface area contributed by atoms with Crippen LogP contribution in [0.1, 0.15) is 12.5 Å². The molecule has 0 saturated heterocycles. The van der Waals surface area contributed by atoms with Crippen LogP contribution in [-0.4, -0.2) is 17.5 Å². The average Bonchev–Trinajstić information content (AvgIpc) is 2.17. The number of hydrogen-bond donors (Lipinski definition) is 1. The van der Waals surface area contributed by atoms with Crippen molar-refractivity contribution in [1.82, 2.24) is 0 Å². The highest BCUT2D eigenvalue weighted by Gasteiger charge is 2.24. The van der Waals surface area contributed by atoms with Crippen molar-refractivity contribution in [3.63, 3.8) is 0 Å². The summed E-state index contributed by atoms with van der Waals surface area (Å²) in [5.41, 5.74) is 1.41. The molecule has 0 amide bonds. The number of fused-ring (bicyclic) bond motifs is 1. The molecule has 0 bridgehead atoms. The lowest BCUT2D eigenvalue weighted by Gasteiger charge is -2.23. The van der Waals surface area contributed by atoms with E-state index in [0.717, 1.165) is 11.3 Å². The molecule has 74 valence electrons. The third-order valence-corrected chi connectivity index (χ3v) is 2.52. The van der Waals surface area contributed by atoms with Crippen molar-refractivity contribution < 1.29 is 9.94 Å². The van der Waals surface area contributed by atoms with Gasteiger partial charge in [0.25, 0.3) is 0 Å². The molecule has 0 aliphatic carbocycles. The van der Waals surface area contributed by atoms with Crippen LogP contribution in [0.25, 0.3) is 0 Å². The van der Waals surface area contributed by atoms with E-state index in [2.05, 4.69) is 5.16 Å². The van der Waals surface area contributed by atoms with Crippen molar-refractivity contribution >= 4 is 17.3 Å². The Morgan fingerprint density at radius 3 is 3.07 bits per heavy atom. The molecular formula is C10H10ClNO2. The van der Waals surface area contributed by atoms with Gasteiger partial charge in [0.05, 0.1) is 12.3 Å². The fourth-order valence-corrected chi connectivity index (χ4v) is 1.71. The van der Waals surface area contributed by atoms with Crippen LogP contribution in [0.4, 0.5) is 0 Å². The molecule has 1 aliphatic heterocycles. The number of nitrogens with zero attached hydrogens (tertiary/aromatic N) is 1. The van der Waals surface area contributed by atoms with E-state index in [1.165, 1.54) is 0 Å². The number of oxime groups is 1. The number of benzene rings is 1. The van der Waals surface area contributed by atoms with Gasteiger partial charge in [-0.2, -0.15) is 0 Å². The number of ether oxygens (including phenoxy) is 1. The Kier molecular flexibility index (Phi) is 2.33. The summed E-state index contributed by atoms with van der Waals surface area (Å²) >= 11 is 5.85. The lowest BCUT2D eigenvalue weighted by atomic mass is 9.96. The Bertz CT molecular complexity index is 390. The summed E-state index contributed by atoms with van der Waals surface area (Å²) in [6.07, 6.45) is 0. The predicted octanol–water partition coefficient (Wildman–Crippen LogP) is 2.55. The Morgan fingerprint density at radius 2 is 2.36 bits per heavy atom. The zero-order chi connectivity index (χ0) is 10.1. The van der Waals surface area contributed by atoms with Crippen LogP contribution in [0, 0.1) is 5.92 Å². The van der Waals surface area contributed by atoms with E-state index >= 15 is 0 Å². The Hall–Kier alpha value is -1.22. The van der Waals surface area contributed by atoms with Crippen LogP contribution in [0.2, 0.25) is 5.02 Å². The van der Waals surface area contributed by atoms with Crippen LogP contribution >= 0.6 is 11.6 Å². The van der Waals surface area contributed by atoms with Crippen LogP contribution in [0.15, 0.2) is 23.4 Å².